The second kappa shape index (κ2) is 15.7. The highest BCUT2D eigenvalue weighted by molar-refractivity contribution is 7.80. The smallest absolute Gasteiger partial charge is 0.212 e. The summed E-state index contributed by atoms with van der Waals surface area (Å²) in [5.74, 6) is 0.370. The van der Waals surface area contributed by atoms with Crippen LogP contribution in [-0.2, 0) is 0 Å². The summed E-state index contributed by atoms with van der Waals surface area (Å²) >= 11 is 7.27. The lowest BCUT2D eigenvalue weighted by molar-refractivity contribution is 1.05. The molecule has 12 nitrogen and oxygen atoms in total. The number of hydrogen-bond acceptors (Lipinski definition) is 8. The Bertz CT molecular complexity index is 1870. The molecule has 0 radical (unpaired) electrons. The molecular weight excluding hydrogens is 625 g/mol. The fourth-order valence-electron chi connectivity index (χ4n) is 3.71. The number of rotatable bonds is 5. The SMILES string of the molecule is NC(=S)N=C(N)N.NC(N)=Nc1nc(-c2ccccc2)cs1.Nc1nc(-c2ccccc2)cn1-c1nc(-c2ccccc2)cs1. The molecular formula is C30H30N12S3. The van der Waals surface area contributed by atoms with Crippen molar-refractivity contribution in [2.24, 2.45) is 38.7 Å². The maximum absolute atomic E-state index is 6.08. The highest BCUT2D eigenvalue weighted by Crippen LogP contribution is 2.28. The van der Waals surface area contributed by atoms with Crippen LogP contribution in [0.25, 0.3) is 38.9 Å². The number of anilines is 1. The van der Waals surface area contributed by atoms with Gasteiger partial charge in [0.2, 0.25) is 11.1 Å². The van der Waals surface area contributed by atoms with Gasteiger partial charge in [-0.05, 0) is 12.2 Å². The highest BCUT2D eigenvalue weighted by atomic mass is 32.1. The van der Waals surface area contributed by atoms with Gasteiger partial charge in [-0.1, -0.05) is 91.0 Å². The molecule has 3 aromatic heterocycles. The Balaban J connectivity index is 0.000000180. The third-order valence-electron chi connectivity index (χ3n) is 5.60. The fraction of sp³-hybridized carbons (Fsp3) is 0. The molecule has 0 bridgehead atoms. The molecule has 0 atom stereocenters. The molecule has 228 valence electrons. The average Bonchev–Trinajstić information content (AvgIpc) is 3.79. The second-order valence-corrected chi connectivity index (χ2v) is 11.0. The molecule has 45 heavy (non-hydrogen) atoms. The first-order chi connectivity index (χ1) is 21.7. The summed E-state index contributed by atoms with van der Waals surface area (Å²) in [4.78, 5) is 20.6. The van der Waals surface area contributed by atoms with Crippen LogP contribution in [0, 0.1) is 0 Å². The molecule has 0 saturated carbocycles. The molecule has 6 rings (SSSR count). The molecule has 3 heterocycles. The fourth-order valence-corrected chi connectivity index (χ4v) is 5.34. The first-order valence-electron chi connectivity index (χ1n) is 13.1. The van der Waals surface area contributed by atoms with Gasteiger partial charge < -0.3 is 34.4 Å². The summed E-state index contributed by atoms with van der Waals surface area (Å²) in [7, 11) is 0. The van der Waals surface area contributed by atoms with Crippen LogP contribution >= 0.6 is 34.9 Å². The van der Waals surface area contributed by atoms with Gasteiger partial charge in [0.25, 0.3) is 0 Å². The summed E-state index contributed by atoms with van der Waals surface area (Å²) in [5.41, 5.74) is 37.1. The number of nitrogens with two attached hydrogens (primary N) is 6. The molecule has 0 aliphatic carbocycles. The van der Waals surface area contributed by atoms with E-state index in [1.165, 1.54) is 11.3 Å². The molecule has 6 aromatic rings. The number of nitrogen functional groups attached to an aromatic ring is 1. The van der Waals surface area contributed by atoms with E-state index in [9.17, 15) is 0 Å². The average molecular weight is 655 g/mol. The van der Waals surface area contributed by atoms with Gasteiger partial charge in [0.05, 0.1) is 17.1 Å². The van der Waals surface area contributed by atoms with Crippen LogP contribution < -0.4 is 34.4 Å². The number of aliphatic imine (C=N–C) groups is 2. The van der Waals surface area contributed by atoms with Crippen LogP contribution in [0.2, 0.25) is 0 Å². The number of nitrogens with zero attached hydrogens (tertiary/aromatic N) is 6. The third-order valence-corrected chi connectivity index (χ3v) is 7.26. The number of benzene rings is 3. The maximum atomic E-state index is 6.08. The van der Waals surface area contributed by atoms with Gasteiger partial charge in [0.15, 0.2) is 22.2 Å². The van der Waals surface area contributed by atoms with Crippen molar-refractivity contribution in [1.82, 2.24) is 19.5 Å². The molecule has 0 aliphatic heterocycles. The standard InChI is InChI=1S/C18H14N4S.C10H10N4S.C2H6N4S/c19-17-20-15(13-7-3-1-4-8-13)11-22(17)18-21-16(12-23-18)14-9-5-2-6-10-14;11-9(12)14-10-13-8(6-15-10)7-4-2-1-3-5-7;3-1(4)6-2(5)7/h1-12H,(H2,19,20);1-6H,(H4,11,12,13,14);(H6,3,4,5,6,7). The Morgan fingerprint density at radius 1 is 0.622 bits per heavy atom. The summed E-state index contributed by atoms with van der Waals surface area (Å²) in [6.07, 6.45) is 1.93. The van der Waals surface area contributed by atoms with Gasteiger partial charge in [-0.25, -0.2) is 15.0 Å². The van der Waals surface area contributed by atoms with E-state index in [1.54, 1.807) is 11.3 Å². The van der Waals surface area contributed by atoms with E-state index >= 15 is 0 Å². The zero-order valence-corrected chi connectivity index (χ0v) is 26.2. The quantitative estimate of drug-likeness (QED) is 0.0869. The molecule has 12 N–H and O–H groups in total. The van der Waals surface area contributed by atoms with Crippen molar-refractivity contribution in [3.05, 3.63) is 108 Å². The van der Waals surface area contributed by atoms with Crippen molar-refractivity contribution in [2.45, 2.75) is 0 Å². The van der Waals surface area contributed by atoms with Crippen LogP contribution in [0.3, 0.4) is 0 Å². The van der Waals surface area contributed by atoms with Crippen molar-refractivity contribution in [1.29, 1.82) is 0 Å². The predicted molar refractivity (Wildman–Crippen MR) is 190 cm³/mol. The minimum absolute atomic E-state index is 0.0314. The summed E-state index contributed by atoms with van der Waals surface area (Å²) in [6.45, 7) is 0. The Morgan fingerprint density at radius 2 is 1.11 bits per heavy atom. The number of imidazole rings is 1. The van der Waals surface area contributed by atoms with Crippen molar-refractivity contribution < 1.29 is 0 Å². The third kappa shape index (κ3) is 9.69. The van der Waals surface area contributed by atoms with Crippen molar-refractivity contribution in [3.63, 3.8) is 0 Å². The number of thiocarbonyl (C=S) groups is 1. The van der Waals surface area contributed by atoms with E-state index in [1.807, 2.05) is 113 Å². The van der Waals surface area contributed by atoms with Gasteiger partial charge in [-0.2, -0.15) is 9.98 Å². The Hall–Kier alpha value is -5.64. The lowest BCUT2D eigenvalue weighted by atomic mass is 10.2. The molecule has 0 aliphatic rings. The van der Waals surface area contributed by atoms with Gasteiger partial charge in [-0.15, -0.1) is 22.7 Å². The van der Waals surface area contributed by atoms with Crippen molar-refractivity contribution >= 4 is 63.0 Å². The largest absolute Gasteiger partial charge is 0.374 e. The van der Waals surface area contributed by atoms with Crippen LogP contribution in [-0.4, -0.2) is 36.6 Å². The molecule has 0 fully saturated rings. The lowest BCUT2D eigenvalue weighted by Gasteiger charge is -1.98. The van der Waals surface area contributed by atoms with Gasteiger partial charge in [0, 0.05) is 33.6 Å². The van der Waals surface area contributed by atoms with Crippen LogP contribution in [0.1, 0.15) is 0 Å². The molecule has 0 saturated heterocycles. The first-order valence-corrected chi connectivity index (χ1v) is 15.3. The second-order valence-electron chi connectivity index (χ2n) is 8.89. The first kappa shape index (κ1) is 32.3. The normalized spacial score (nSPS) is 9.96. The van der Waals surface area contributed by atoms with Crippen LogP contribution in [0.5, 0.6) is 0 Å². The van der Waals surface area contributed by atoms with Gasteiger partial charge in [0.1, 0.15) is 0 Å². The van der Waals surface area contributed by atoms with E-state index in [-0.39, 0.29) is 17.0 Å². The molecule has 0 unspecified atom stereocenters. The summed E-state index contributed by atoms with van der Waals surface area (Å²) < 4.78 is 1.83. The zero-order valence-electron chi connectivity index (χ0n) is 23.8. The van der Waals surface area contributed by atoms with Crippen LogP contribution in [0.15, 0.2) is 118 Å². The molecule has 3 aromatic carbocycles. The minimum Gasteiger partial charge on any atom is -0.374 e. The predicted octanol–water partition coefficient (Wildman–Crippen LogP) is 4.46. The van der Waals surface area contributed by atoms with Crippen molar-refractivity contribution in [2.75, 3.05) is 5.73 Å². The number of thiazole rings is 2. The topological polar surface area (TPSA) is 224 Å². The number of guanidine groups is 2. The van der Waals surface area contributed by atoms with Crippen LogP contribution in [0.4, 0.5) is 11.1 Å². The molecule has 0 spiro atoms. The van der Waals surface area contributed by atoms with Crippen molar-refractivity contribution in [3.8, 4) is 38.9 Å². The van der Waals surface area contributed by atoms with Gasteiger partial charge in [-0.3, -0.25) is 4.57 Å². The van der Waals surface area contributed by atoms with E-state index in [0.717, 1.165) is 38.9 Å². The van der Waals surface area contributed by atoms with E-state index in [0.29, 0.717) is 11.1 Å². The minimum atomic E-state index is -0.104. The van der Waals surface area contributed by atoms with E-state index in [4.69, 9.17) is 34.4 Å². The Kier molecular flexibility index (Phi) is 11.3. The maximum Gasteiger partial charge on any atom is 0.212 e. The highest BCUT2D eigenvalue weighted by Gasteiger charge is 2.12. The summed E-state index contributed by atoms with van der Waals surface area (Å²) in [5, 5.41) is 5.31. The monoisotopic (exact) mass is 654 g/mol. The lowest BCUT2D eigenvalue weighted by Crippen LogP contribution is -2.25. The van der Waals surface area contributed by atoms with Gasteiger partial charge >= 0.3 is 0 Å². The molecule has 0 amide bonds. The Labute approximate surface area is 272 Å². The Morgan fingerprint density at radius 3 is 1.58 bits per heavy atom. The molecule has 15 heteroatoms. The zero-order chi connectivity index (χ0) is 32.2. The number of hydrogen-bond donors (Lipinski definition) is 6. The number of aromatic nitrogens is 4. The van der Waals surface area contributed by atoms with E-state index < -0.39 is 0 Å². The van der Waals surface area contributed by atoms with E-state index in [2.05, 4.69) is 37.2 Å². The summed E-state index contributed by atoms with van der Waals surface area (Å²) in [6, 6.07) is 30.0.